The summed E-state index contributed by atoms with van der Waals surface area (Å²) in [6.07, 6.45) is 0.948. The molecule has 6 nitrogen and oxygen atoms in total. The molecule has 34 heavy (non-hydrogen) atoms. The second-order valence-corrected chi connectivity index (χ2v) is 8.76. The van der Waals surface area contributed by atoms with Crippen LogP contribution in [0.4, 0.5) is 11.4 Å². The topological polar surface area (TPSA) is 71.0 Å². The Hall–Kier alpha value is -3.77. The van der Waals surface area contributed by atoms with Gasteiger partial charge in [-0.1, -0.05) is 48.5 Å². The molecule has 1 aliphatic heterocycles. The lowest BCUT2D eigenvalue weighted by molar-refractivity contribution is -0.115. The van der Waals surface area contributed by atoms with Gasteiger partial charge in [0.1, 0.15) is 5.92 Å². The highest BCUT2D eigenvalue weighted by atomic mass is 16.5. The van der Waals surface area contributed by atoms with Crippen LogP contribution in [0.5, 0.6) is 0 Å². The standard InChI is InChI=1S/C28H29N3O3/c1-18(31(2)3)16-19-10-13-22(14-11-19)29-26(20-8-6-5-7-9-20)25-23-15-12-21(28(33)34-4)17-24(23)30-27(25)32/h5-15,17-18,25H,16H2,1-4H3,(H,30,32). The zero-order valence-electron chi connectivity index (χ0n) is 19.9. The van der Waals surface area contributed by atoms with Gasteiger partial charge in [0.25, 0.3) is 0 Å². The Balaban J connectivity index is 1.72. The summed E-state index contributed by atoms with van der Waals surface area (Å²) in [6, 6.07) is 23.5. The van der Waals surface area contributed by atoms with E-state index < -0.39 is 11.9 Å². The highest BCUT2D eigenvalue weighted by molar-refractivity contribution is 6.24. The summed E-state index contributed by atoms with van der Waals surface area (Å²) < 4.78 is 4.81. The number of methoxy groups -OCH3 is 1. The van der Waals surface area contributed by atoms with Crippen LogP contribution < -0.4 is 5.32 Å². The number of rotatable bonds is 7. The molecular weight excluding hydrogens is 426 g/mol. The lowest BCUT2D eigenvalue weighted by Gasteiger charge is -2.19. The molecule has 3 aromatic carbocycles. The van der Waals surface area contributed by atoms with Gasteiger partial charge in [0.05, 0.1) is 24.1 Å². The summed E-state index contributed by atoms with van der Waals surface area (Å²) in [5.74, 6) is -1.20. The van der Waals surface area contributed by atoms with Crippen molar-refractivity contribution in [2.45, 2.75) is 25.3 Å². The van der Waals surface area contributed by atoms with Gasteiger partial charge in [-0.2, -0.15) is 0 Å². The number of nitrogens with zero attached hydrogens (tertiary/aromatic N) is 2. The molecular formula is C28H29N3O3. The Morgan fingerprint density at radius 1 is 1.03 bits per heavy atom. The van der Waals surface area contributed by atoms with Gasteiger partial charge in [0.15, 0.2) is 0 Å². The van der Waals surface area contributed by atoms with Crippen molar-refractivity contribution in [1.29, 1.82) is 0 Å². The number of nitrogens with one attached hydrogen (secondary N) is 1. The number of carbonyl (C=O) groups is 2. The molecule has 0 aliphatic carbocycles. The van der Waals surface area contributed by atoms with E-state index in [2.05, 4.69) is 43.4 Å². The van der Waals surface area contributed by atoms with Crippen LogP contribution in [0.1, 0.15) is 39.9 Å². The Bertz CT molecular complexity index is 1220. The number of hydrogen-bond acceptors (Lipinski definition) is 5. The second kappa shape index (κ2) is 10.0. The molecule has 1 amide bonds. The average molecular weight is 456 g/mol. The van der Waals surface area contributed by atoms with Gasteiger partial charge in [-0.3, -0.25) is 9.79 Å². The molecule has 2 unspecified atom stereocenters. The van der Waals surface area contributed by atoms with Gasteiger partial charge in [-0.25, -0.2) is 4.79 Å². The van der Waals surface area contributed by atoms with Crippen molar-refractivity contribution in [3.63, 3.8) is 0 Å². The second-order valence-electron chi connectivity index (χ2n) is 8.76. The van der Waals surface area contributed by atoms with E-state index in [-0.39, 0.29) is 5.91 Å². The first kappa shape index (κ1) is 23.4. The molecule has 1 N–H and O–H groups in total. The lowest BCUT2D eigenvalue weighted by atomic mass is 9.90. The summed E-state index contributed by atoms with van der Waals surface area (Å²) >= 11 is 0. The van der Waals surface area contributed by atoms with Crippen LogP contribution in [0.2, 0.25) is 0 Å². The zero-order chi connectivity index (χ0) is 24.2. The van der Waals surface area contributed by atoms with E-state index in [1.807, 2.05) is 42.5 Å². The fourth-order valence-electron chi connectivity index (χ4n) is 4.05. The number of aliphatic imine (C=N–C) groups is 1. The van der Waals surface area contributed by atoms with Gasteiger partial charge >= 0.3 is 5.97 Å². The smallest absolute Gasteiger partial charge is 0.337 e. The summed E-state index contributed by atoms with van der Waals surface area (Å²) in [6.45, 7) is 2.20. The van der Waals surface area contributed by atoms with Crippen LogP contribution in [0, 0.1) is 0 Å². The summed E-state index contributed by atoms with van der Waals surface area (Å²) in [4.78, 5) is 32.2. The molecule has 1 aliphatic rings. The van der Waals surface area contributed by atoms with Crippen molar-refractivity contribution < 1.29 is 14.3 Å². The number of anilines is 1. The fraction of sp³-hybridized carbons (Fsp3) is 0.250. The van der Waals surface area contributed by atoms with E-state index in [4.69, 9.17) is 9.73 Å². The molecule has 0 saturated carbocycles. The van der Waals surface area contributed by atoms with E-state index >= 15 is 0 Å². The molecule has 2 atom stereocenters. The highest BCUT2D eigenvalue weighted by Gasteiger charge is 2.36. The van der Waals surface area contributed by atoms with Crippen LogP contribution in [0.25, 0.3) is 0 Å². The Kier molecular flexibility index (Phi) is 6.89. The summed E-state index contributed by atoms with van der Waals surface area (Å²) in [7, 11) is 5.49. The van der Waals surface area contributed by atoms with Crippen molar-refractivity contribution in [2.24, 2.45) is 4.99 Å². The molecule has 4 rings (SSSR count). The van der Waals surface area contributed by atoms with Gasteiger partial charge in [0.2, 0.25) is 5.91 Å². The maximum Gasteiger partial charge on any atom is 0.337 e. The first-order valence-corrected chi connectivity index (χ1v) is 11.3. The van der Waals surface area contributed by atoms with Crippen LogP contribution >= 0.6 is 0 Å². The number of carbonyl (C=O) groups excluding carboxylic acids is 2. The minimum absolute atomic E-state index is 0.170. The largest absolute Gasteiger partial charge is 0.465 e. The van der Waals surface area contributed by atoms with Gasteiger partial charge < -0.3 is 15.0 Å². The first-order valence-electron chi connectivity index (χ1n) is 11.3. The predicted molar refractivity (Wildman–Crippen MR) is 135 cm³/mol. The molecule has 174 valence electrons. The number of hydrogen-bond donors (Lipinski definition) is 1. The molecule has 0 bridgehead atoms. The Morgan fingerprint density at radius 2 is 1.74 bits per heavy atom. The molecule has 0 fully saturated rings. The Labute approximate surface area is 200 Å². The number of esters is 1. The van der Waals surface area contributed by atoms with E-state index in [1.54, 1.807) is 18.2 Å². The molecule has 0 spiro atoms. The maximum atomic E-state index is 13.1. The van der Waals surface area contributed by atoms with Crippen LogP contribution in [0.3, 0.4) is 0 Å². The van der Waals surface area contributed by atoms with E-state index in [9.17, 15) is 9.59 Å². The normalized spacial score (nSPS) is 16.2. The third kappa shape index (κ3) is 4.92. The first-order chi connectivity index (χ1) is 16.4. The molecule has 0 radical (unpaired) electrons. The molecule has 0 aromatic heterocycles. The van der Waals surface area contributed by atoms with Crippen molar-refractivity contribution in [2.75, 3.05) is 26.5 Å². The summed E-state index contributed by atoms with van der Waals surface area (Å²) in [5.41, 5.74) is 5.34. The van der Waals surface area contributed by atoms with Gasteiger partial charge in [0, 0.05) is 11.7 Å². The molecule has 6 heteroatoms. The monoisotopic (exact) mass is 455 g/mol. The molecule has 0 saturated heterocycles. The number of amides is 1. The third-order valence-corrected chi connectivity index (χ3v) is 6.25. The van der Waals surface area contributed by atoms with E-state index in [0.717, 1.165) is 23.2 Å². The zero-order valence-corrected chi connectivity index (χ0v) is 19.9. The molecule has 3 aromatic rings. The molecule has 1 heterocycles. The minimum atomic E-state index is -0.586. The number of likely N-dealkylation sites (N-methyl/N-ethyl adjacent to an activating group) is 1. The third-order valence-electron chi connectivity index (χ3n) is 6.25. The van der Waals surface area contributed by atoms with Crippen LogP contribution in [-0.2, 0) is 16.0 Å². The highest BCUT2D eigenvalue weighted by Crippen LogP contribution is 2.37. The fourth-order valence-corrected chi connectivity index (χ4v) is 4.05. The lowest BCUT2D eigenvalue weighted by Crippen LogP contribution is -2.26. The van der Waals surface area contributed by atoms with Crippen LogP contribution in [0.15, 0.2) is 77.8 Å². The minimum Gasteiger partial charge on any atom is -0.465 e. The van der Waals surface area contributed by atoms with Crippen LogP contribution in [-0.4, -0.2) is 49.7 Å². The Morgan fingerprint density at radius 3 is 2.38 bits per heavy atom. The van der Waals surface area contributed by atoms with Crippen molar-refractivity contribution >= 4 is 29.0 Å². The predicted octanol–water partition coefficient (Wildman–Crippen LogP) is 4.82. The quantitative estimate of drug-likeness (QED) is 0.410. The number of benzene rings is 3. The maximum absolute atomic E-state index is 13.1. The average Bonchev–Trinajstić information content (AvgIpc) is 3.18. The van der Waals surface area contributed by atoms with Gasteiger partial charge in [-0.15, -0.1) is 0 Å². The SMILES string of the molecule is COC(=O)c1ccc2c(c1)NC(=O)C2C(=Nc1ccc(CC(C)N(C)C)cc1)c1ccccc1. The number of ether oxygens (including phenoxy) is 1. The van der Waals surface area contributed by atoms with Crippen molar-refractivity contribution in [1.82, 2.24) is 4.90 Å². The van der Waals surface area contributed by atoms with Gasteiger partial charge in [-0.05, 0) is 68.4 Å². The van der Waals surface area contributed by atoms with Crippen molar-refractivity contribution in [3.05, 3.63) is 95.1 Å². The van der Waals surface area contributed by atoms with Crippen molar-refractivity contribution in [3.8, 4) is 0 Å². The number of fused-ring (bicyclic) bond motifs is 1. The van der Waals surface area contributed by atoms with E-state index in [0.29, 0.717) is 23.0 Å². The van der Waals surface area contributed by atoms with E-state index in [1.165, 1.54) is 12.7 Å². The summed E-state index contributed by atoms with van der Waals surface area (Å²) in [5, 5.41) is 2.91.